The first-order valence-electron chi connectivity index (χ1n) is 5.46. The molecule has 2 aromatic heterocycles. The van der Waals surface area contributed by atoms with Crippen LogP contribution in [0.3, 0.4) is 0 Å². The maximum Gasteiger partial charge on any atom is 0.255 e. The number of piperidine rings is 1. The number of hydrogen-bond donors (Lipinski definition) is 0. The lowest BCUT2D eigenvalue weighted by Gasteiger charge is -2.28. The third-order valence-corrected chi connectivity index (χ3v) is 3.08. The maximum absolute atomic E-state index is 5.98. The Bertz CT molecular complexity index is 503. The van der Waals surface area contributed by atoms with Crippen LogP contribution in [0.2, 0.25) is 5.15 Å². The minimum Gasteiger partial charge on any atom is -0.356 e. The Balaban J connectivity index is 2.09. The van der Waals surface area contributed by atoms with Crippen molar-refractivity contribution >= 4 is 23.2 Å². The van der Waals surface area contributed by atoms with Crippen LogP contribution in [0, 0.1) is 0 Å². The molecule has 1 saturated heterocycles. The molecule has 0 atom stereocenters. The molecule has 0 saturated carbocycles. The molecule has 2 aromatic rings. The first kappa shape index (κ1) is 9.84. The fraction of sp³-hybridized carbons (Fsp3) is 0.500. The summed E-state index contributed by atoms with van der Waals surface area (Å²) in [6, 6.07) is 1.86. The third-order valence-electron chi connectivity index (χ3n) is 2.88. The summed E-state index contributed by atoms with van der Waals surface area (Å²) in [5.41, 5.74) is 0. The van der Waals surface area contributed by atoms with Crippen LogP contribution in [0.1, 0.15) is 19.3 Å². The van der Waals surface area contributed by atoms with Crippen molar-refractivity contribution in [1.82, 2.24) is 19.6 Å². The van der Waals surface area contributed by atoms with Crippen LogP contribution in [-0.4, -0.2) is 32.7 Å². The van der Waals surface area contributed by atoms with E-state index in [1.54, 1.807) is 4.52 Å². The van der Waals surface area contributed by atoms with Crippen LogP contribution in [0.5, 0.6) is 0 Å². The molecule has 0 amide bonds. The fourth-order valence-electron chi connectivity index (χ4n) is 2.12. The van der Waals surface area contributed by atoms with E-state index in [2.05, 4.69) is 20.0 Å². The van der Waals surface area contributed by atoms with Crippen molar-refractivity contribution in [2.45, 2.75) is 19.3 Å². The second kappa shape index (κ2) is 3.90. The normalized spacial score (nSPS) is 16.9. The van der Waals surface area contributed by atoms with Gasteiger partial charge in [-0.05, 0) is 19.3 Å². The van der Waals surface area contributed by atoms with Gasteiger partial charge in [-0.15, -0.1) is 0 Å². The zero-order valence-corrected chi connectivity index (χ0v) is 9.56. The van der Waals surface area contributed by atoms with Crippen LogP contribution in [0.25, 0.3) is 5.78 Å². The van der Waals surface area contributed by atoms with Gasteiger partial charge in [0, 0.05) is 19.2 Å². The summed E-state index contributed by atoms with van der Waals surface area (Å²) in [4.78, 5) is 10.5. The summed E-state index contributed by atoms with van der Waals surface area (Å²) < 4.78 is 1.75. The molecule has 3 rings (SSSR count). The van der Waals surface area contributed by atoms with E-state index in [-0.39, 0.29) is 0 Å². The zero-order valence-electron chi connectivity index (χ0n) is 8.80. The summed E-state index contributed by atoms with van der Waals surface area (Å²) in [6.07, 6.45) is 5.24. The van der Waals surface area contributed by atoms with E-state index in [9.17, 15) is 0 Å². The van der Waals surface area contributed by atoms with Crippen LogP contribution < -0.4 is 4.90 Å². The molecule has 1 aliphatic rings. The number of fused-ring (bicyclic) bond motifs is 1. The molecule has 16 heavy (non-hydrogen) atoms. The van der Waals surface area contributed by atoms with Crippen molar-refractivity contribution in [3.63, 3.8) is 0 Å². The molecule has 5 nitrogen and oxygen atoms in total. The molecule has 0 bridgehead atoms. The highest BCUT2D eigenvalue weighted by molar-refractivity contribution is 6.29. The molecule has 3 heterocycles. The van der Waals surface area contributed by atoms with Crippen LogP contribution in [0.4, 0.5) is 5.82 Å². The van der Waals surface area contributed by atoms with Gasteiger partial charge in [0.2, 0.25) is 0 Å². The van der Waals surface area contributed by atoms with Crippen molar-refractivity contribution in [1.29, 1.82) is 0 Å². The number of hydrogen-bond acceptors (Lipinski definition) is 4. The van der Waals surface area contributed by atoms with E-state index >= 15 is 0 Å². The first-order valence-corrected chi connectivity index (χ1v) is 5.83. The molecule has 0 unspecified atom stereocenters. The monoisotopic (exact) mass is 237 g/mol. The number of aromatic nitrogens is 4. The molecule has 84 valence electrons. The largest absolute Gasteiger partial charge is 0.356 e. The van der Waals surface area contributed by atoms with Gasteiger partial charge in [0.25, 0.3) is 5.78 Å². The lowest BCUT2D eigenvalue weighted by Crippen LogP contribution is -2.31. The molecule has 0 aromatic carbocycles. The molecule has 0 radical (unpaired) electrons. The summed E-state index contributed by atoms with van der Waals surface area (Å²) in [5.74, 6) is 1.56. The highest BCUT2D eigenvalue weighted by Gasteiger charge is 2.16. The summed E-state index contributed by atoms with van der Waals surface area (Å²) in [5, 5.41) is 4.65. The van der Waals surface area contributed by atoms with E-state index in [4.69, 9.17) is 11.6 Å². The van der Waals surface area contributed by atoms with Gasteiger partial charge < -0.3 is 4.90 Å². The third kappa shape index (κ3) is 1.61. The van der Waals surface area contributed by atoms with Crippen molar-refractivity contribution < 1.29 is 0 Å². The highest BCUT2D eigenvalue weighted by Crippen LogP contribution is 2.22. The zero-order chi connectivity index (χ0) is 11.0. The van der Waals surface area contributed by atoms with Crippen molar-refractivity contribution in [2.75, 3.05) is 18.0 Å². The lowest BCUT2D eigenvalue weighted by molar-refractivity contribution is 0.568. The summed E-state index contributed by atoms with van der Waals surface area (Å²) in [6.45, 7) is 2.10. The standard InChI is InChI=1S/C10H12ClN5/c11-8-6-9(15-4-2-1-3-5-15)16-10(14-8)12-7-13-16/h6-7H,1-5H2. The van der Waals surface area contributed by atoms with Gasteiger partial charge in [0.15, 0.2) is 0 Å². The van der Waals surface area contributed by atoms with E-state index < -0.39 is 0 Å². The highest BCUT2D eigenvalue weighted by atomic mass is 35.5. The van der Waals surface area contributed by atoms with Gasteiger partial charge in [0.1, 0.15) is 17.3 Å². The Morgan fingerprint density at radius 3 is 2.81 bits per heavy atom. The van der Waals surface area contributed by atoms with Gasteiger partial charge in [0.05, 0.1) is 0 Å². The van der Waals surface area contributed by atoms with Crippen LogP contribution in [-0.2, 0) is 0 Å². The molecule has 0 aliphatic carbocycles. The average Bonchev–Trinajstić information content (AvgIpc) is 2.77. The predicted octanol–water partition coefficient (Wildman–Crippen LogP) is 1.77. The Morgan fingerprint density at radius 2 is 2.00 bits per heavy atom. The molecule has 1 fully saturated rings. The van der Waals surface area contributed by atoms with Gasteiger partial charge in [-0.3, -0.25) is 0 Å². The molecular formula is C10H12ClN5. The maximum atomic E-state index is 5.98. The van der Waals surface area contributed by atoms with Gasteiger partial charge in [-0.2, -0.15) is 19.6 Å². The number of anilines is 1. The Labute approximate surface area is 98.1 Å². The van der Waals surface area contributed by atoms with Crippen LogP contribution >= 0.6 is 11.6 Å². The van der Waals surface area contributed by atoms with E-state index in [1.165, 1.54) is 25.6 Å². The van der Waals surface area contributed by atoms with Crippen LogP contribution in [0.15, 0.2) is 12.4 Å². The average molecular weight is 238 g/mol. The first-order chi connectivity index (χ1) is 7.84. The van der Waals surface area contributed by atoms with Gasteiger partial charge in [-0.1, -0.05) is 11.6 Å². The minimum absolute atomic E-state index is 0.473. The van der Waals surface area contributed by atoms with E-state index in [0.29, 0.717) is 10.9 Å². The lowest BCUT2D eigenvalue weighted by atomic mass is 10.1. The van der Waals surface area contributed by atoms with Gasteiger partial charge >= 0.3 is 0 Å². The number of nitrogens with zero attached hydrogens (tertiary/aromatic N) is 5. The SMILES string of the molecule is Clc1cc(N2CCCCC2)n2ncnc2n1. The molecule has 6 heteroatoms. The van der Waals surface area contributed by atoms with Crippen molar-refractivity contribution in [3.8, 4) is 0 Å². The second-order valence-corrected chi connectivity index (χ2v) is 4.34. The number of rotatable bonds is 1. The quantitative estimate of drug-likeness (QED) is 0.710. The molecule has 0 N–H and O–H groups in total. The Hall–Kier alpha value is -1.36. The van der Waals surface area contributed by atoms with Crippen molar-refractivity contribution in [2.24, 2.45) is 0 Å². The molecular weight excluding hydrogens is 226 g/mol. The topological polar surface area (TPSA) is 46.3 Å². The van der Waals surface area contributed by atoms with E-state index in [1.807, 2.05) is 6.07 Å². The van der Waals surface area contributed by atoms with Gasteiger partial charge in [-0.25, -0.2) is 0 Å². The number of halogens is 1. The smallest absolute Gasteiger partial charge is 0.255 e. The second-order valence-electron chi connectivity index (χ2n) is 3.96. The predicted molar refractivity (Wildman–Crippen MR) is 61.9 cm³/mol. The van der Waals surface area contributed by atoms with Crippen molar-refractivity contribution in [3.05, 3.63) is 17.5 Å². The summed E-state index contributed by atoms with van der Waals surface area (Å²) >= 11 is 5.98. The molecule has 0 spiro atoms. The minimum atomic E-state index is 0.473. The summed E-state index contributed by atoms with van der Waals surface area (Å²) in [7, 11) is 0. The molecule has 1 aliphatic heterocycles. The fourth-order valence-corrected chi connectivity index (χ4v) is 2.29. The van der Waals surface area contributed by atoms with E-state index in [0.717, 1.165) is 18.9 Å². The Kier molecular flexibility index (Phi) is 2.40. The Morgan fingerprint density at radius 1 is 1.19 bits per heavy atom.